The van der Waals surface area contributed by atoms with Gasteiger partial charge in [-0.1, -0.05) is 29.8 Å². The standard InChI is InChI=1S/C22H27ClN2O5S/c1-15-4-3-5-17-14-29-22(26)25(21(15)17)18-10-12-24(13-11-18)31(27,28)20-8-6-19(7-9-20)30-16(2)23/h3-9,16,18,22,26H,10-14H2,1-2H3. The number of ether oxygens (including phenoxy) is 2. The van der Waals surface area contributed by atoms with Gasteiger partial charge in [-0.25, -0.2) is 8.42 Å². The van der Waals surface area contributed by atoms with Crippen molar-refractivity contribution in [2.75, 3.05) is 18.0 Å². The van der Waals surface area contributed by atoms with E-state index < -0.39 is 22.0 Å². The van der Waals surface area contributed by atoms with Crippen LogP contribution in [-0.2, 0) is 21.4 Å². The van der Waals surface area contributed by atoms with Crippen molar-refractivity contribution in [3.05, 3.63) is 53.6 Å². The number of anilines is 1. The van der Waals surface area contributed by atoms with Gasteiger partial charge in [-0.15, -0.1) is 0 Å². The predicted octanol–water partition coefficient (Wildman–Crippen LogP) is 3.42. The van der Waals surface area contributed by atoms with Crippen LogP contribution in [0.15, 0.2) is 47.4 Å². The smallest absolute Gasteiger partial charge is 0.243 e. The van der Waals surface area contributed by atoms with Gasteiger partial charge in [0.1, 0.15) is 5.75 Å². The number of fused-ring (bicyclic) bond motifs is 1. The molecule has 168 valence electrons. The molecular weight excluding hydrogens is 440 g/mol. The van der Waals surface area contributed by atoms with Crippen LogP contribution in [0.2, 0.25) is 0 Å². The van der Waals surface area contributed by atoms with Crippen molar-refractivity contribution in [1.82, 2.24) is 4.31 Å². The fraction of sp³-hybridized carbons (Fsp3) is 0.455. The third-order valence-corrected chi connectivity index (χ3v) is 7.78. The lowest BCUT2D eigenvalue weighted by molar-refractivity contribution is -0.121. The van der Waals surface area contributed by atoms with Crippen LogP contribution >= 0.6 is 11.6 Å². The van der Waals surface area contributed by atoms with Crippen LogP contribution in [0.1, 0.15) is 30.9 Å². The fourth-order valence-corrected chi connectivity index (χ4v) is 5.88. The highest BCUT2D eigenvalue weighted by Crippen LogP contribution is 2.36. The predicted molar refractivity (Wildman–Crippen MR) is 119 cm³/mol. The zero-order valence-corrected chi connectivity index (χ0v) is 19.1. The largest absolute Gasteiger partial charge is 0.475 e. The molecular formula is C22H27ClN2O5S. The van der Waals surface area contributed by atoms with Gasteiger partial charge in [0.05, 0.1) is 11.5 Å². The summed E-state index contributed by atoms with van der Waals surface area (Å²) < 4.78 is 38.6. The quantitative estimate of drug-likeness (QED) is 0.680. The number of hydrogen-bond donors (Lipinski definition) is 1. The molecule has 1 saturated heterocycles. The lowest BCUT2D eigenvalue weighted by Crippen LogP contribution is -2.53. The van der Waals surface area contributed by atoms with E-state index in [-0.39, 0.29) is 10.9 Å². The zero-order valence-electron chi connectivity index (χ0n) is 17.6. The zero-order chi connectivity index (χ0) is 22.2. The maximum atomic E-state index is 13.1. The van der Waals surface area contributed by atoms with Crippen LogP contribution in [0.5, 0.6) is 5.75 Å². The minimum Gasteiger partial charge on any atom is -0.475 e. The third-order valence-electron chi connectivity index (χ3n) is 5.78. The number of alkyl halides is 1. The molecule has 2 atom stereocenters. The number of aliphatic hydroxyl groups excluding tert-OH is 1. The van der Waals surface area contributed by atoms with Gasteiger partial charge >= 0.3 is 0 Å². The lowest BCUT2D eigenvalue weighted by atomic mass is 9.99. The highest BCUT2D eigenvalue weighted by Gasteiger charge is 2.37. The first-order chi connectivity index (χ1) is 14.8. The molecule has 0 spiro atoms. The molecule has 1 N–H and O–H groups in total. The fourth-order valence-electron chi connectivity index (χ4n) is 4.31. The molecule has 2 aliphatic rings. The third kappa shape index (κ3) is 4.54. The summed E-state index contributed by atoms with van der Waals surface area (Å²) in [4.78, 5) is 2.13. The van der Waals surface area contributed by atoms with E-state index in [1.165, 1.54) is 16.4 Å². The normalized spacial score (nSPS) is 21.5. The topological polar surface area (TPSA) is 79.3 Å². The molecule has 0 aliphatic carbocycles. The summed E-state index contributed by atoms with van der Waals surface area (Å²) in [5.74, 6) is 0.522. The summed E-state index contributed by atoms with van der Waals surface area (Å²) in [7, 11) is -3.61. The van der Waals surface area contributed by atoms with Crippen molar-refractivity contribution in [1.29, 1.82) is 0 Å². The molecule has 2 heterocycles. The second-order valence-corrected chi connectivity index (χ2v) is 10.4. The van der Waals surface area contributed by atoms with E-state index in [2.05, 4.69) is 0 Å². The number of aliphatic hydroxyl groups is 1. The number of halogens is 1. The summed E-state index contributed by atoms with van der Waals surface area (Å²) in [5.41, 5.74) is 2.61. The molecule has 1 fully saturated rings. The van der Waals surface area contributed by atoms with Crippen molar-refractivity contribution in [3.8, 4) is 5.75 Å². The second-order valence-electron chi connectivity index (χ2n) is 7.89. The molecule has 31 heavy (non-hydrogen) atoms. The van der Waals surface area contributed by atoms with Gasteiger partial charge in [0.15, 0.2) is 5.56 Å². The Balaban J connectivity index is 1.48. The average molecular weight is 467 g/mol. The first kappa shape index (κ1) is 22.4. The van der Waals surface area contributed by atoms with Gasteiger partial charge < -0.3 is 19.5 Å². The van der Waals surface area contributed by atoms with Crippen LogP contribution in [0.4, 0.5) is 5.69 Å². The molecule has 0 aromatic heterocycles. The van der Waals surface area contributed by atoms with Crippen molar-refractivity contribution in [2.45, 2.75) is 56.2 Å². The molecule has 0 bridgehead atoms. The summed E-state index contributed by atoms with van der Waals surface area (Å²) in [6.07, 6.45) is 0.162. The molecule has 2 aromatic rings. The monoisotopic (exact) mass is 466 g/mol. The Morgan fingerprint density at radius 1 is 1.16 bits per heavy atom. The van der Waals surface area contributed by atoms with Crippen LogP contribution in [0, 0.1) is 6.92 Å². The number of para-hydroxylation sites is 1. The van der Waals surface area contributed by atoms with E-state index in [1.807, 2.05) is 30.0 Å². The summed E-state index contributed by atoms with van der Waals surface area (Å²) in [5, 5.41) is 10.5. The molecule has 0 radical (unpaired) electrons. The Morgan fingerprint density at radius 3 is 2.48 bits per heavy atom. The van der Waals surface area contributed by atoms with Gasteiger partial charge in [-0.05, 0) is 56.5 Å². The molecule has 2 aliphatic heterocycles. The Bertz CT molecular complexity index is 1020. The first-order valence-corrected chi connectivity index (χ1v) is 12.2. The van der Waals surface area contributed by atoms with E-state index in [0.717, 1.165) is 16.8 Å². The molecule has 2 unspecified atom stereocenters. The number of benzene rings is 2. The number of nitrogens with zero attached hydrogens (tertiary/aromatic N) is 2. The van der Waals surface area contributed by atoms with Gasteiger partial charge in [0.25, 0.3) is 0 Å². The average Bonchev–Trinajstić information content (AvgIpc) is 2.74. The van der Waals surface area contributed by atoms with E-state index in [1.54, 1.807) is 19.1 Å². The summed E-state index contributed by atoms with van der Waals surface area (Å²) in [6, 6.07) is 12.3. The minimum atomic E-state index is -3.61. The summed E-state index contributed by atoms with van der Waals surface area (Å²) >= 11 is 5.81. The van der Waals surface area contributed by atoms with Crippen LogP contribution in [-0.4, -0.2) is 48.9 Å². The van der Waals surface area contributed by atoms with E-state index in [0.29, 0.717) is 38.3 Å². The summed E-state index contributed by atoms with van der Waals surface area (Å²) in [6.45, 7) is 4.81. The molecule has 4 rings (SSSR count). The SMILES string of the molecule is Cc1cccc2c1N(C1CCN(S(=O)(=O)c3ccc(OC(C)Cl)cc3)CC1)C(O)OC2. The molecule has 0 amide bonds. The Hall–Kier alpha value is -1.84. The van der Waals surface area contributed by atoms with Crippen molar-refractivity contribution < 1.29 is 23.0 Å². The molecule has 0 saturated carbocycles. The number of sulfonamides is 1. The van der Waals surface area contributed by atoms with E-state index in [9.17, 15) is 13.5 Å². The number of rotatable bonds is 5. The van der Waals surface area contributed by atoms with Crippen LogP contribution in [0.25, 0.3) is 0 Å². The Kier molecular flexibility index (Phi) is 6.46. The minimum absolute atomic E-state index is 0.0115. The Labute approximate surface area is 188 Å². The van der Waals surface area contributed by atoms with Gasteiger partial charge in [0, 0.05) is 30.4 Å². The number of aryl methyl sites for hydroxylation is 1. The van der Waals surface area contributed by atoms with Crippen LogP contribution < -0.4 is 9.64 Å². The number of hydrogen-bond acceptors (Lipinski definition) is 6. The van der Waals surface area contributed by atoms with Crippen molar-refractivity contribution in [2.24, 2.45) is 0 Å². The highest BCUT2D eigenvalue weighted by atomic mass is 35.5. The molecule has 2 aromatic carbocycles. The number of piperidine rings is 1. The maximum Gasteiger partial charge on any atom is 0.243 e. The van der Waals surface area contributed by atoms with Gasteiger partial charge in [0.2, 0.25) is 16.4 Å². The highest BCUT2D eigenvalue weighted by molar-refractivity contribution is 7.89. The molecule has 9 heteroatoms. The first-order valence-electron chi connectivity index (χ1n) is 10.3. The van der Waals surface area contributed by atoms with E-state index in [4.69, 9.17) is 21.1 Å². The lowest BCUT2D eigenvalue weighted by Gasteiger charge is -2.44. The van der Waals surface area contributed by atoms with Crippen LogP contribution in [0.3, 0.4) is 0 Å². The maximum absolute atomic E-state index is 13.1. The van der Waals surface area contributed by atoms with Crippen molar-refractivity contribution >= 4 is 27.3 Å². The van der Waals surface area contributed by atoms with Gasteiger partial charge in [-0.3, -0.25) is 0 Å². The van der Waals surface area contributed by atoms with E-state index >= 15 is 0 Å². The second kappa shape index (κ2) is 8.96. The Morgan fingerprint density at radius 2 is 1.84 bits per heavy atom. The molecule has 7 nitrogen and oxygen atoms in total. The van der Waals surface area contributed by atoms with Gasteiger partial charge in [-0.2, -0.15) is 4.31 Å². The van der Waals surface area contributed by atoms with Crippen molar-refractivity contribution in [3.63, 3.8) is 0 Å².